The van der Waals surface area contributed by atoms with Gasteiger partial charge in [0.05, 0.1) is 10.5 Å². The zero-order valence-corrected chi connectivity index (χ0v) is 17.2. The number of nitrogens with one attached hydrogen (secondary N) is 2. The molecule has 0 saturated heterocycles. The molecule has 8 heteroatoms. The SMILES string of the molecule is Cc1ccc(C)c(S(=O)(=O)NCCNC(=O)C2=Cc3cc(Cl)ccc3OC2)c1. The van der Waals surface area contributed by atoms with Crippen LogP contribution < -0.4 is 14.8 Å². The molecule has 3 rings (SSSR count). The number of carbonyl (C=O) groups is 1. The summed E-state index contributed by atoms with van der Waals surface area (Å²) < 4.78 is 33.0. The van der Waals surface area contributed by atoms with Crippen LogP contribution in [0, 0.1) is 13.8 Å². The minimum atomic E-state index is -3.64. The Morgan fingerprint density at radius 2 is 1.93 bits per heavy atom. The Morgan fingerprint density at radius 3 is 2.71 bits per heavy atom. The van der Waals surface area contributed by atoms with E-state index in [9.17, 15) is 13.2 Å². The molecule has 6 nitrogen and oxygen atoms in total. The Morgan fingerprint density at radius 1 is 1.14 bits per heavy atom. The standard InChI is InChI=1S/C20H21ClN2O4S/c1-13-3-4-14(2)19(9-13)28(25,26)23-8-7-22-20(24)16-10-15-11-17(21)5-6-18(15)27-12-16/h3-6,9-11,23H,7-8,12H2,1-2H3,(H,22,24). The lowest BCUT2D eigenvalue weighted by Crippen LogP contribution is -2.36. The van der Waals surface area contributed by atoms with E-state index in [1.807, 2.05) is 13.0 Å². The first kappa shape index (κ1) is 20.4. The Bertz CT molecular complexity index is 1050. The number of fused-ring (bicyclic) bond motifs is 1. The summed E-state index contributed by atoms with van der Waals surface area (Å²) in [4.78, 5) is 12.6. The molecular weight excluding hydrogens is 400 g/mol. The third-order valence-corrected chi connectivity index (χ3v) is 6.15. The van der Waals surface area contributed by atoms with Crippen LogP contribution >= 0.6 is 11.6 Å². The number of rotatable bonds is 6. The van der Waals surface area contributed by atoms with Crippen molar-refractivity contribution in [3.8, 4) is 5.75 Å². The molecule has 148 valence electrons. The lowest BCUT2D eigenvalue weighted by molar-refractivity contribution is -0.117. The van der Waals surface area contributed by atoms with Gasteiger partial charge < -0.3 is 10.1 Å². The quantitative estimate of drug-likeness (QED) is 0.704. The van der Waals surface area contributed by atoms with Gasteiger partial charge in [-0.1, -0.05) is 23.7 Å². The van der Waals surface area contributed by atoms with Gasteiger partial charge in [-0.2, -0.15) is 0 Å². The van der Waals surface area contributed by atoms with Gasteiger partial charge in [-0.25, -0.2) is 13.1 Å². The zero-order valence-electron chi connectivity index (χ0n) is 15.6. The van der Waals surface area contributed by atoms with E-state index >= 15 is 0 Å². The van der Waals surface area contributed by atoms with Crippen LogP contribution in [-0.4, -0.2) is 34.0 Å². The second kappa shape index (κ2) is 8.34. The maximum Gasteiger partial charge on any atom is 0.250 e. The molecule has 0 atom stereocenters. The fourth-order valence-electron chi connectivity index (χ4n) is 2.83. The predicted octanol–water partition coefficient (Wildman–Crippen LogP) is 2.83. The molecular formula is C20H21ClN2O4S. The summed E-state index contributed by atoms with van der Waals surface area (Å²) in [6.45, 7) is 3.97. The number of hydrogen-bond acceptors (Lipinski definition) is 4. The van der Waals surface area contributed by atoms with E-state index in [1.54, 1.807) is 43.3 Å². The maximum absolute atomic E-state index is 12.5. The highest BCUT2D eigenvalue weighted by Gasteiger charge is 2.19. The first-order valence-corrected chi connectivity index (χ1v) is 10.6. The second-order valence-electron chi connectivity index (χ2n) is 6.56. The summed E-state index contributed by atoms with van der Waals surface area (Å²) >= 11 is 5.97. The van der Waals surface area contributed by atoms with E-state index in [0.717, 1.165) is 11.1 Å². The zero-order chi connectivity index (χ0) is 20.3. The second-order valence-corrected chi connectivity index (χ2v) is 8.73. The van der Waals surface area contributed by atoms with Gasteiger partial charge in [0.2, 0.25) is 10.0 Å². The first-order valence-electron chi connectivity index (χ1n) is 8.74. The summed E-state index contributed by atoms with van der Waals surface area (Å²) in [6, 6.07) is 10.5. The molecule has 0 radical (unpaired) electrons. The van der Waals surface area contributed by atoms with Crippen LogP contribution in [-0.2, 0) is 14.8 Å². The fourth-order valence-corrected chi connectivity index (χ4v) is 4.37. The van der Waals surface area contributed by atoms with E-state index in [-0.39, 0.29) is 30.5 Å². The van der Waals surface area contributed by atoms with E-state index in [0.29, 0.717) is 21.9 Å². The summed E-state index contributed by atoms with van der Waals surface area (Å²) in [5.74, 6) is 0.360. The average Bonchev–Trinajstić information content (AvgIpc) is 2.66. The van der Waals surface area contributed by atoms with Crippen molar-refractivity contribution < 1.29 is 17.9 Å². The molecule has 1 heterocycles. The van der Waals surface area contributed by atoms with Gasteiger partial charge in [-0.05, 0) is 55.3 Å². The van der Waals surface area contributed by atoms with Gasteiger partial charge >= 0.3 is 0 Å². The van der Waals surface area contributed by atoms with Crippen molar-refractivity contribution in [1.29, 1.82) is 0 Å². The highest BCUT2D eigenvalue weighted by molar-refractivity contribution is 7.89. The number of halogens is 1. The van der Waals surface area contributed by atoms with Crippen molar-refractivity contribution in [3.63, 3.8) is 0 Å². The molecule has 0 fully saturated rings. The first-order chi connectivity index (χ1) is 13.3. The molecule has 0 bridgehead atoms. The van der Waals surface area contributed by atoms with Crippen LogP contribution in [0.25, 0.3) is 6.08 Å². The molecule has 1 amide bonds. The number of hydrogen-bond donors (Lipinski definition) is 2. The minimum absolute atomic E-state index is 0.0814. The van der Waals surface area contributed by atoms with Crippen molar-refractivity contribution in [2.75, 3.05) is 19.7 Å². The molecule has 0 unspecified atom stereocenters. The normalized spacial score (nSPS) is 13.3. The summed E-state index contributed by atoms with van der Waals surface area (Å²) in [6.07, 6.45) is 1.72. The van der Waals surface area contributed by atoms with Crippen LogP contribution in [0.5, 0.6) is 5.75 Å². The molecule has 0 spiro atoms. The van der Waals surface area contributed by atoms with Crippen LogP contribution in [0.2, 0.25) is 5.02 Å². The third-order valence-electron chi connectivity index (χ3n) is 4.31. The monoisotopic (exact) mass is 420 g/mol. The molecule has 2 aromatic rings. The highest BCUT2D eigenvalue weighted by Crippen LogP contribution is 2.28. The Balaban J connectivity index is 1.57. The molecule has 1 aliphatic rings. The Hall–Kier alpha value is -2.35. The lowest BCUT2D eigenvalue weighted by atomic mass is 10.1. The van der Waals surface area contributed by atoms with Crippen molar-refractivity contribution >= 4 is 33.6 Å². The van der Waals surface area contributed by atoms with Crippen LogP contribution in [0.1, 0.15) is 16.7 Å². The van der Waals surface area contributed by atoms with E-state index in [1.165, 1.54) is 0 Å². The number of carbonyl (C=O) groups excluding carboxylic acids is 1. The van der Waals surface area contributed by atoms with Gasteiger partial charge in [-0.3, -0.25) is 4.79 Å². The van der Waals surface area contributed by atoms with Crippen molar-refractivity contribution in [3.05, 3.63) is 63.7 Å². The number of amides is 1. The van der Waals surface area contributed by atoms with Gasteiger partial charge in [-0.15, -0.1) is 0 Å². The van der Waals surface area contributed by atoms with Gasteiger partial charge in [0.15, 0.2) is 0 Å². The van der Waals surface area contributed by atoms with Crippen LogP contribution in [0.4, 0.5) is 0 Å². The molecule has 2 aromatic carbocycles. The van der Waals surface area contributed by atoms with Crippen LogP contribution in [0.15, 0.2) is 46.9 Å². The number of benzene rings is 2. The van der Waals surface area contributed by atoms with Crippen LogP contribution in [0.3, 0.4) is 0 Å². The minimum Gasteiger partial charge on any atom is -0.488 e. The molecule has 1 aliphatic heterocycles. The fraction of sp³-hybridized carbons (Fsp3) is 0.250. The van der Waals surface area contributed by atoms with Crippen molar-refractivity contribution in [2.24, 2.45) is 0 Å². The van der Waals surface area contributed by atoms with E-state index < -0.39 is 10.0 Å². The Kier molecular flexibility index (Phi) is 6.07. The van der Waals surface area contributed by atoms with Gasteiger partial charge in [0, 0.05) is 23.7 Å². The van der Waals surface area contributed by atoms with Gasteiger partial charge in [0.25, 0.3) is 5.91 Å². The maximum atomic E-state index is 12.5. The summed E-state index contributed by atoms with van der Waals surface area (Å²) in [7, 11) is -3.64. The molecule has 0 saturated carbocycles. The summed E-state index contributed by atoms with van der Waals surface area (Å²) in [5, 5.41) is 3.26. The number of sulfonamides is 1. The van der Waals surface area contributed by atoms with Crippen molar-refractivity contribution in [1.82, 2.24) is 10.0 Å². The highest BCUT2D eigenvalue weighted by atomic mass is 35.5. The summed E-state index contributed by atoms with van der Waals surface area (Å²) in [5.41, 5.74) is 2.72. The van der Waals surface area contributed by atoms with Gasteiger partial charge in [0.1, 0.15) is 12.4 Å². The topological polar surface area (TPSA) is 84.5 Å². The largest absolute Gasteiger partial charge is 0.488 e. The Labute approximate surface area is 169 Å². The van der Waals surface area contributed by atoms with E-state index in [4.69, 9.17) is 16.3 Å². The predicted molar refractivity (Wildman–Crippen MR) is 109 cm³/mol. The molecule has 2 N–H and O–H groups in total. The lowest BCUT2D eigenvalue weighted by Gasteiger charge is -2.18. The molecule has 0 aromatic heterocycles. The molecule has 28 heavy (non-hydrogen) atoms. The number of ether oxygens (including phenoxy) is 1. The smallest absolute Gasteiger partial charge is 0.250 e. The van der Waals surface area contributed by atoms with E-state index in [2.05, 4.69) is 10.0 Å². The van der Waals surface area contributed by atoms with Crippen molar-refractivity contribution in [2.45, 2.75) is 18.7 Å². The average molecular weight is 421 g/mol. The molecule has 0 aliphatic carbocycles. The number of aryl methyl sites for hydroxylation is 2. The third kappa shape index (κ3) is 4.73.